The second-order valence-corrected chi connectivity index (χ2v) is 6.61. The molecule has 8 nitrogen and oxygen atoms in total. The van der Waals surface area contributed by atoms with E-state index in [2.05, 4.69) is 16.0 Å². The summed E-state index contributed by atoms with van der Waals surface area (Å²) in [6.07, 6.45) is 1.80. The maximum Gasteiger partial charge on any atom is 0.325 e. The lowest BCUT2D eigenvalue weighted by Crippen LogP contribution is -2.46. The Morgan fingerprint density at radius 2 is 1.88 bits per heavy atom. The lowest BCUT2D eigenvalue weighted by molar-refractivity contribution is -0.134. The monoisotopic (exact) mass is 344 g/mol. The number of anilines is 2. The van der Waals surface area contributed by atoms with Gasteiger partial charge in [-0.15, -0.1) is 0 Å². The van der Waals surface area contributed by atoms with Crippen LogP contribution >= 0.6 is 0 Å². The molecule has 8 heteroatoms. The van der Waals surface area contributed by atoms with Gasteiger partial charge in [0.25, 0.3) is 5.91 Å². The van der Waals surface area contributed by atoms with E-state index >= 15 is 0 Å². The van der Waals surface area contributed by atoms with Gasteiger partial charge in [-0.1, -0.05) is 6.07 Å². The van der Waals surface area contributed by atoms with Crippen molar-refractivity contribution >= 4 is 35.1 Å². The van der Waals surface area contributed by atoms with Crippen molar-refractivity contribution in [2.75, 3.05) is 17.2 Å². The predicted octanol–water partition coefficient (Wildman–Crippen LogP) is 1.30. The van der Waals surface area contributed by atoms with Crippen LogP contribution in [0.2, 0.25) is 0 Å². The van der Waals surface area contributed by atoms with Crippen LogP contribution in [0.4, 0.5) is 16.2 Å². The topological polar surface area (TPSA) is 108 Å². The Morgan fingerprint density at radius 1 is 1.24 bits per heavy atom. The molecule has 1 atom stereocenters. The smallest absolute Gasteiger partial charge is 0.325 e. The zero-order chi connectivity index (χ0) is 18.2. The molecule has 132 valence electrons. The number of imide groups is 1. The first-order valence-electron chi connectivity index (χ1n) is 8.11. The summed E-state index contributed by atoms with van der Waals surface area (Å²) in [5, 5.41) is 7.95. The van der Waals surface area contributed by atoms with Crippen LogP contribution in [0.3, 0.4) is 0 Å². The molecule has 1 saturated carbocycles. The second-order valence-electron chi connectivity index (χ2n) is 6.61. The third-order valence-electron chi connectivity index (χ3n) is 4.46. The van der Waals surface area contributed by atoms with Gasteiger partial charge in [-0.3, -0.25) is 19.3 Å². The van der Waals surface area contributed by atoms with Crippen molar-refractivity contribution in [3.8, 4) is 0 Å². The maximum absolute atomic E-state index is 12.5. The number of rotatable bonds is 5. The van der Waals surface area contributed by atoms with Crippen molar-refractivity contribution in [3.05, 3.63) is 24.3 Å². The van der Waals surface area contributed by atoms with Crippen molar-refractivity contribution in [1.29, 1.82) is 0 Å². The number of hydrogen-bond acceptors (Lipinski definition) is 4. The van der Waals surface area contributed by atoms with Crippen LogP contribution in [0.5, 0.6) is 0 Å². The Bertz CT molecular complexity index is 759. The first-order valence-corrected chi connectivity index (χ1v) is 8.11. The lowest BCUT2D eigenvalue weighted by Gasteiger charge is -2.20. The fourth-order valence-corrected chi connectivity index (χ4v) is 3.02. The number of urea groups is 1. The average Bonchev–Trinajstić information content (AvgIpc) is 3.33. The Labute approximate surface area is 144 Å². The molecular formula is C17H20N4O4. The van der Waals surface area contributed by atoms with E-state index in [1.165, 1.54) is 6.92 Å². The molecule has 1 heterocycles. The largest absolute Gasteiger partial charge is 0.326 e. The van der Waals surface area contributed by atoms with Crippen molar-refractivity contribution in [2.24, 2.45) is 5.92 Å². The lowest BCUT2D eigenvalue weighted by atomic mass is 9.96. The standard InChI is InChI=1S/C17H20N4O4/c1-10(22)18-12-4-3-5-13(8-12)19-14(23)9-21-15(24)17(2,11-6-7-11)20-16(21)25/h3-5,8,11H,6-7,9H2,1-2H3,(H,18,22)(H,19,23)(H,20,25)/t17-/m0/s1. The summed E-state index contributed by atoms with van der Waals surface area (Å²) in [5.41, 5.74) is 0.109. The third-order valence-corrected chi connectivity index (χ3v) is 4.46. The summed E-state index contributed by atoms with van der Waals surface area (Å²) in [7, 11) is 0. The Balaban J connectivity index is 1.64. The highest BCUT2D eigenvalue weighted by atomic mass is 16.2. The molecule has 1 aromatic carbocycles. The molecule has 0 aromatic heterocycles. The van der Waals surface area contributed by atoms with Crippen LogP contribution in [0.25, 0.3) is 0 Å². The van der Waals surface area contributed by atoms with E-state index in [1.54, 1.807) is 31.2 Å². The highest BCUT2D eigenvalue weighted by molar-refractivity contribution is 6.10. The fraction of sp³-hybridized carbons (Fsp3) is 0.412. The van der Waals surface area contributed by atoms with Gasteiger partial charge < -0.3 is 16.0 Å². The molecule has 2 fully saturated rings. The van der Waals surface area contributed by atoms with Crippen LogP contribution in [0.15, 0.2) is 24.3 Å². The zero-order valence-corrected chi connectivity index (χ0v) is 14.1. The zero-order valence-electron chi connectivity index (χ0n) is 14.1. The van der Waals surface area contributed by atoms with Crippen molar-refractivity contribution in [3.63, 3.8) is 0 Å². The minimum absolute atomic E-state index is 0.145. The van der Waals surface area contributed by atoms with E-state index in [9.17, 15) is 19.2 Å². The van der Waals surface area contributed by atoms with Crippen LogP contribution in [0, 0.1) is 5.92 Å². The number of nitrogens with zero attached hydrogens (tertiary/aromatic N) is 1. The summed E-state index contributed by atoms with van der Waals surface area (Å²) in [6, 6.07) is 6.08. The van der Waals surface area contributed by atoms with Gasteiger partial charge in [0.05, 0.1) is 0 Å². The first-order chi connectivity index (χ1) is 11.8. The number of carbonyl (C=O) groups excluding carboxylic acids is 4. The van der Waals surface area contributed by atoms with Gasteiger partial charge in [-0.05, 0) is 43.9 Å². The van der Waals surface area contributed by atoms with E-state index in [1.807, 2.05) is 0 Å². The van der Waals surface area contributed by atoms with Gasteiger partial charge in [0.2, 0.25) is 11.8 Å². The van der Waals surface area contributed by atoms with E-state index in [-0.39, 0.29) is 24.3 Å². The number of benzene rings is 1. The first kappa shape index (κ1) is 16.9. The van der Waals surface area contributed by atoms with Gasteiger partial charge in [0.15, 0.2) is 0 Å². The van der Waals surface area contributed by atoms with E-state index < -0.39 is 17.5 Å². The van der Waals surface area contributed by atoms with Gasteiger partial charge in [-0.2, -0.15) is 0 Å². The molecule has 1 aliphatic carbocycles. The summed E-state index contributed by atoms with van der Waals surface area (Å²) < 4.78 is 0. The molecule has 0 bridgehead atoms. The normalized spacial score (nSPS) is 22.6. The number of amides is 5. The molecule has 1 aliphatic heterocycles. The highest BCUT2D eigenvalue weighted by Crippen LogP contribution is 2.42. The molecule has 25 heavy (non-hydrogen) atoms. The third kappa shape index (κ3) is 3.47. The Hall–Kier alpha value is -2.90. The van der Waals surface area contributed by atoms with E-state index in [0.717, 1.165) is 17.7 Å². The predicted molar refractivity (Wildman–Crippen MR) is 90.7 cm³/mol. The maximum atomic E-state index is 12.5. The number of carbonyl (C=O) groups is 4. The molecule has 5 amide bonds. The van der Waals surface area contributed by atoms with Gasteiger partial charge in [-0.25, -0.2) is 4.79 Å². The van der Waals surface area contributed by atoms with Crippen LogP contribution in [0.1, 0.15) is 26.7 Å². The number of hydrogen-bond donors (Lipinski definition) is 3. The summed E-state index contributed by atoms with van der Waals surface area (Å²) in [6.45, 7) is 2.75. The summed E-state index contributed by atoms with van der Waals surface area (Å²) in [4.78, 5) is 48.8. The SMILES string of the molecule is CC(=O)Nc1cccc(NC(=O)CN2C(=O)N[C@@](C)(C3CC3)C2=O)c1. The molecule has 0 unspecified atom stereocenters. The van der Waals surface area contributed by atoms with Crippen molar-refractivity contribution in [1.82, 2.24) is 10.2 Å². The molecule has 0 radical (unpaired) electrons. The summed E-state index contributed by atoms with van der Waals surface area (Å²) in [5.74, 6) is -0.917. The average molecular weight is 344 g/mol. The van der Waals surface area contributed by atoms with Crippen LogP contribution in [-0.2, 0) is 14.4 Å². The van der Waals surface area contributed by atoms with Gasteiger partial charge >= 0.3 is 6.03 Å². The molecule has 3 N–H and O–H groups in total. The van der Waals surface area contributed by atoms with E-state index in [0.29, 0.717) is 11.4 Å². The highest BCUT2D eigenvalue weighted by Gasteiger charge is 2.56. The second kappa shape index (κ2) is 6.19. The van der Waals surface area contributed by atoms with E-state index in [4.69, 9.17) is 0 Å². The molecular weight excluding hydrogens is 324 g/mol. The minimum atomic E-state index is -0.900. The quantitative estimate of drug-likeness (QED) is 0.700. The molecule has 1 saturated heterocycles. The molecule has 2 aliphatic rings. The van der Waals surface area contributed by atoms with Crippen molar-refractivity contribution < 1.29 is 19.2 Å². The molecule has 3 rings (SSSR count). The van der Waals surface area contributed by atoms with Gasteiger partial charge in [0, 0.05) is 18.3 Å². The molecule has 1 aromatic rings. The Kier molecular flexibility index (Phi) is 4.20. The fourth-order valence-electron chi connectivity index (χ4n) is 3.02. The Morgan fingerprint density at radius 3 is 2.48 bits per heavy atom. The van der Waals surface area contributed by atoms with Crippen molar-refractivity contribution in [2.45, 2.75) is 32.2 Å². The van der Waals surface area contributed by atoms with Gasteiger partial charge in [0.1, 0.15) is 12.1 Å². The molecule has 0 spiro atoms. The van der Waals surface area contributed by atoms with Crippen LogP contribution in [-0.4, -0.2) is 40.7 Å². The number of nitrogens with one attached hydrogen (secondary N) is 3. The van der Waals surface area contributed by atoms with Crippen LogP contribution < -0.4 is 16.0 Å². The summed E-state index contributed by atoms with van der Waals surface area (Å²) >= 11 is 0. The minimum Gasteiger partial charge on any atom is -0.326 e.